The zero-order valence-corrected chi connectivity index (χ0v) is 81.4. The molecule has 124 heavy (non-hydrogen) atoms. The molecule has 6 N–H and O–H groups in total. The van der Waals surface area contributed by atoms with Crippen LogP contribution in [0.1, 0.15) is 16.7 Å². The molecule has 0 unspecified atom stereocenters. The van der Waals surface area contributed by atoms with E-state index in [1.165, 1.54) is 142 Å². The number of rotatable bonds is 20. The summed E-state index contributed by atoms with van der Waals surface area (Å²) in [5, 5.41) is 11.9. The summed E-state index contributed by atoms with van der Waals surface area (Å²) in [7, 11) is -15.9. The van der Waals surface area contributed by atoms with Crippen LogP contribution in [0.5, 0.6) is 21.9 Å². The number of anilines is 8. The molecule has 0 aliphatic heterocycles. The maximum absolute atomic E-state index is 12.8. The smallest absolute Gasteiger partial charge is 0.279 e. The Hall–Kier alpha value is -6.67. The van der Waals surface area contributed by atoms with Crippen molar-refractivity contribution in [2.24, 2.45) is 0 Å². The van der Waals surface area contributed by atoms with Crippen LogP contribution in [0, 0.1) is 20.8 Å². The van der Waals surface area contributed by atoms with Gasteiger partial charge in [0, 0.05) is 25.1 Å². The van der Waals surface area contributed by atoms with E-state index in [0.29, 0.717) is 62.7 Å². The average Bonchev–Trinajstić information content (AvgIpc) is 1.67. The Balaban J connectivity index is 0.000000142. The number of nitrogens with zero attached hydrogens (tertiary/aromatic N) is 4. The van der Waals surface area contributed by atoms with Gasteiger partial charge in [0.15, 0.2) is 21.8 Å². The van der Waals surface area contributed by atoms with Crippen LogP contribution in [0.25, 0.3) is 40.9 Å². The topological polar surface area (TPSA) is 279 Å². The standard InChI is InChI=1S/C21H16Cl3N3O2S2.C20H12Cl4N2O3S2.C19H10Cl5N3O2S2.C19H9Cl5N2O3S2/c1-11-4-6-19(14(22)7-11)31(28,29)27-13-9-15(23)20(16(24)10-13)26-21-25-17-5-3-12(2)8-18(17)30-21;1-10-2-5-18(13(22)6-10)31(27,28)26-12-8-14(23)19(15(24)9-12)29-20-25-16-4-3-11(21)7-17(16)30-20;20-9-2-4-17(12(22)5-9)31(28,29)27-11-7-13(23)18(14(24)8-11)26-19-25-15-3-1-10(21)6-16(15)30-19;20-9-2-4-17(12(22)5-9)31(27,28)26-11-7-13(23)18(14(24)8-11)29-19-25-15-3-1-10(21)6-16(15)30-19/h3-10,27H,1-2H3,(H,25,26);2-9,26H,1H3;1-8,27H,(H,25,26);1-8,26H. The van der Waals surface area contributed by atoms with Crippen molar-refractivity contribution in [1.29, 1.82) is 0 Å². The van der Waals surface area contributed by atoms with Gasteiger partial charge in [-0.3, -0.25) is 18.9 Å². The highest BCUT2D eigenvalue weighted by molar-refractivity contribution is 7.93. The summed E-state index contributed by atoms with van der Waals surface area (Å²) in [4.78, 5) is 17.4. The minimum absolute atomic E-state index is 0.00794. The maximum Gasteiger partial charge on any atom is 0.279 e. The normalized spacial score (nSPS) is 11.6. The number of nitrogens with one attached hydrogen (secondary N) is 6. The molecule has 45 heteroatoms. The third kappa shape index (κ3) is 23.5. The van der Waals surface area contributed by atoms with E-state index in [4.69, 9.17) is 207 Å². The van der Waals surface area contributed by atoms with E-state index in [-0.39, 0.29) is 114 Å². The van der Waals surface area contributed by atoms with Crippen LogP contribution < -0.4 is 39.0 Å². The molecule has 16 aromatic rings. The number of benzene rings is 12. The molecule has 0 radical (unpaired) electrons. The Bertz CT molecular complexity index is 6460. The van der Waals surface area contributed by atoms with Crippen molar-refractivity contribution in [1.82, 2.24) is 19.9 Å². The second-order valence-electron chi connectivity index (χ2n) is 25.9. The van der Waals surface area contributed by atoms with Gasteiger partial charge < -0.3 is 20.1 Å². The van der Waals surface area contributed by atoms with E-state index >= 15 is 0 Å². The summed E-state index contributed by atoms with van der Waals surface area (Å²) in [6.07, 6.45) is 0. The largest absolute Gasteiger partial charge is 0.428 e. The summed E-state index contributed by atoms with van der Waals surface area (Å²) < 4.78 is 127. The van der Waals surface area contributed by atoms with Crippen molar-refractivity contribution >= 4 is 368 Å². The van der Waals surface area contributed by atoms with E-state index in [9.17, 15) is 33.7 Å². The van der Waals surface area contributed by atoms with Crippen molar-refractivity contribution in [3.05, 3.63) is 296 Å². The van der Waals surface area contributed by atoms with Crippen molar-refractivity contribution in [2.45, 2.75) is 40.4 Å². The second kappa shape index (κ2) is 39.7. The van der Waals surface area contributed by atoms with Gasteiger partial charge in [0.2, 0.25) is 0 Å². The minimum atomic E-state index is -4.01. The van der Waals surface area contributed by atoms with E-state index in [0.717, 1.165) is 52.0 Å². The Kier molecular flexibility index (Phi) is 30.4. The number of hydrogen-bond acceptors (Lipinski definition) is 20. The van der Waals surface area contributed by atoms with Gasteiger partial charge in [0.25, 0.3) is 50.5 Å². The van der Waals surface area contributed by atoms with Crippen molar-refractivity contribution < 1.29 is 43.1 Å². The van der Waals surface area contributed by atoms with Gasteiger partial charge in [-0.05, 0) is 213 Å². The number of sulfonamides is 4. The first-order chi connectivity index (χ1) is 58.5. The molecule has 16 rings (SSSR count). The van der Waals surface area contributed by atoms with Gasteiger partial charge in [0.05, 0.1) is 135 Å². The molecule has 0 amide bonds. The molecule has 12 aromatic carbocycles. The Morgan fingerprint density at radius 3 is 0.815 bits per heavy atom. The van der Waals surface area contributed by atoms with Gasteiger partial charge in [-0.25, -0.2) is 53.6 Å². The molecule has 4 aromatic heterocycles. The van der Waals surface area contributed by atoms with Crippen LogP contribution in [-0.4, -0.2) is 53.6 Å². The fourth-order valence-electron chi connectivity index (χ4n) is 11.1. The fourth-order valence-corrected chi connectivity index (χ4v) is 24.6. The van der Waals surface area contributed by atoms with Crippen LogP contribution in [-0.2, 0) is 40.1 Å². The molecule has 640 valence electrons. The summed E-state index contributed by atoms with van der Waals surface area (Å²) >= 11 is 110. The third-order valence-corrected chi connectivity index (χ3v) is 31.2. The molecule has 0 aliphatic carbocycles. The highest BCUT2D eigenvalue weighted by atomic mass is 35.5. The quantitative estimate of drug-likeness (QED) is 0.0414. The molecule has 0 fully saturated rings. The first-order valence-electron chi connectivity index (χ1n) is 34.4. The van der Waals surface area contributed by atoms with E-state index < -0.39 is 40.1 Å². The molecule has 0 saturated carbocycles. The number of ether oxygens (including phenoxy) is 2. The molecule has 0 aliphatic rings. The fraction of sp³-hybridized carbons (Fsp3) is 0.0380. The number of aryl methyl sites for hydroxylation is 3. The summed E-state index contributed by atoms with van der Waals surface area (Å²) in [6, 6.07) is 50.8. The van der Waals surface area contributed by atoms with Gasteiger partial charge in [-0.2, -0.15) is 0 Å². The number of hydrogen-bond donors (Lipinski definition) is 6. The first-order valence-corrected chi connectivity index (χ1v) is 50.1. The molecular formula is C79H47Cl17N10O10S8. The first kappa shape index (κ1) is 94.9. The summed E-state index contributed by atoms with van der Waals surface area (Å²) in [5.41, 5.74) is 7.42. The Labute approximate surface area is 809 Å². The number of halogens is 17. The van der Waals surface area contributed by atoms with Crippen LogP contribution in [0.3, 0.4) is 0 Å². The third-order valence-electron chi connectivity index (χ3n) is 16.6. The number of thiazole rings is 4. The van der Waals surface area contributed by atoms with E-state index in [1.807, 2.05) is 45.0 Å². The lowest BCUT2D eigenvalue weighted by Crippen LogP contribution is -2.13. The van der Waals surface area contributed by atoms with Crippen LogP contribution in [0.15, 0.2) is 214 Å². The second-order valence-corrected chi connectivity index (χ2v) is 43.6. The van der Waals surface area contributed by atoms with E-state index in [2.05, 4.69) is 55.5 Å². The zero-order valence-electron chi connectivity index (χ0n) is 62.0. The molecule has 0 spiro atoms. The van der Waals surface area contributed by atoms with Crippen molar-refractivity contribution in [2.75, 3.05) is 29.5 Å². The lowest BCUT2D eigenvalue weighted by atomic mass is 10.2. The lowest BCUT2D eigenvalue weighted by molar-refractivity contribution is 0.480. The molecular weight excluding hydrogens is 2110 g/mol. The maximum atomic E-state index is 12.8. The van der Waals surface area contributed by atoms with Crippen LogP contribution >= 0.6 is 243 Å². The molecule has 0 atom stereocenters. The van der Waals surface area contributed by atoms with Crippen molar-refractivity contribution in [3.8, 4) is 21.9 Å². The Morgan fingerprint density at radius 2 is 0.500 bits per heavy atom. The molecule has 0 saturated heterocycles. The van der Waals surface area contributed by atoms with Gasteiger partial charge in [0.1, 0.15) is 19.6 Å². The predicted octanol–water partition coefficient (Wildman–Crippen LogP) is 31.5. The van der Waals surface area contributed by atoms with Crippen molar-refractivity contribution in [3.63, 3.8) is 0 Å². The SMILES string of the molecule is Cc1ccc(S(=O)(=O)Nc2cc(Cl)c(Nc3nc4ccc(C)cc4s3)c(Cl)c2)c(Cl)c1.Cc1ccc(S(=O)(=O)Nc2cc(Cl)c(Oc3nc4ccc(Cl)cc4s3)c(Cl)c2)c(Cl)c1.O=S(=O)(Nc1cc(Cl)c(Nc2nc3ccc(Cl)cc3s2)c(Cl)c1)c1ccc(Cl)cc1Cl.O=S(=O)(Nc1cc(Cl)c(Oc2nc3ccc(Cl)cc3s2)c(Cl)c1)c1ccc(Cl)cc1Cl. The zero-order chi connectivity index (χ0) is 89.3. The molecule has 4 heterocycles. The predicted molar refractivity (Wildman–Crippen MR) is 519 cm³/mol. The highest BCUT2D eigenvalue weighted by Gasteiger charge is 2.27. The highest BCUT2D eigenvalue weighted by Crippen LogP contribution is 2.47. The van der Waals surface area contributed by atoms with Gasteiger partial charge >= 0.3 is 0 Å². The lowest BCUT2D eigenvalue weighted by Gasteiger charge is -2.13. The summed E-state index contributed by atoms with van der Waals surface area (Å²) in [5.74, 6) is 0.297. The Morgan fingerprint density at radius 1 is 0.258 bits per heavy atom. The van der Waals surface area contributed by atoms with Gasteiger partial charge in [-0.1, -0.05) is 261 Å². The molecule has 20 nitrogen and oxygen atoms in total. The molecule has 0 bridgehead atoms. The monoisotopic (exact) mass is 2150 g/mol. The number of fused-ring (bicyclic) bond motifs is 4. The minimum Gasteiger partial charge on any atom is -0.428 e. The average molecular weight is 2160 g/mol. The van der Waals surface area contributed by atoms with E-state index in [1.54, 1.807) is 66.7 Å². The number of aromatic nitrogens is 4. The van der Waals surface area contributed by atoms with Crippen LogP contribution in [0.4, 0.5) is 44.4 Å². The van der Waals surface area contributed by atoms with Gasteiger partial charge in [-0.15, -0.1) is 0 Å². The summed E-state index contributed by atoms with van der Waals surface area (Å²) in [6.45, 7) is 5.66. The van der Waals surface area contributed by atoms with Crippen LogP contribution in [0.2, 0.25) is 85.4 Å².